The van der Waals surface area contributed by atoms with Crippen LogP contribution < -0.4 is 9.47 Å². The van der Waals surface area contributed by atoms with Gasteiger partial charge < -0.3 is 28.7 Å². The van der Waals surface area contributed by atoms with Crippen LogP contribution in [0, 0.1) is 23.7 Å². The molecule has 6 atom stereocenters. The third-order valence-corrected chi connectivity index (χ3v) is 15.6. The van der Waals surface area contributed by atoms with Crippen LogP contribution in [-0.4, -0.2) is 70.3 Å². The van der Waals surface area contributed by atoms with Crippen molar-refractivity contribution in [3.05, 3.63) is 83.9 Å². The van der Waals surface area contributed by atoms with Gasteiger partial charge in [0.15, 0.2) is 0 Å². The van der Waals surface area contributed by atoms with Gasteiger partial charge in [0.25, 0.3) is 0 Å². The number of benzene rings is 4. The Bertz CT molecular complexity index is 2290. The molecule has 4 saturated heterocycles. The predicted octanol–water partition coefficient (Wildman–Crippen LogP) is 12.6. The number of ether oxygens (including phenoxy) is 4. The molecule has 68 heavy (non-hydrogen) atoms. The third kappa shape index (κ3) is 10.1. The number of fused-ring (bicyclic) bond motifs is 4. The summed E-state index contributed by atoms with van der Waals surface area (Å²) in [5.41, 5.74) is 0.985. The molecule has 0 aromatic heterocycles. The second kappa shape index (κ2) is 21.1. The second-order valence-corrected chi connectivity index (χ2v) is 21.7. The Hall–Kier alpha value is -4.80. The molecule has 366 valence electrons. The summed E-state index contributed by atoms with van der Waals surface area (Å²) in [7, 11) is 0. The minimum absolute atomic E-state index is 0.00643. The Labute approximate surface area is 404 Å². The molecule has 0 saturated carbocycles. The van der Waals surface area contributed by atoms with E-state index >= 15 is 0 Å². The molecule has 8 rings (SSSR count). The summed E-state index contributed by atoms with van der Waals surface area (Å²) in [5.74, 6) is 1.15. The first-order valence-electron chi connectivity index (χ1n) is 26.0. The fraction of sp³-hybridized carbons (Fsp3) is 0.586. The molecule has 4 fully saturated rings. The average Bonchev–Trinajstić information content (AvgIpc) is 4.00. The molecule has 4 heterocycles. The largest absolute Gasteiger partial charge is 0.426 e. The maximum Gasteiger partial charge on any atom is 0.311 e. The highest BCUT2D eigenvalue weighted by Gasteiger charge is 2.59. The number of esters is 2. The Morgan fingerprint density at radius 3 is 1.18 bits per heavy atom. The van der Waals surface area contributed by atoms with Crippen LogP contribution in [0.4, 0.5) is 0 Å². The minimum atomic E-state index is -0.624. The molecule has 10 heteroatoms. The lowest BCUT2D eigenvalue weighted by Crippen LogP contribution is -2.44. The van der Waals surface area contributed by atoms with Gasteiger partial charge in [0.05, 0.1) is 25.3 Å². The number of hydrogen-bond donors (Lipinski definition) is 0. The molecule has 0 radical (unpaired) electrons. The van der Waals surface area contributed by atoms with E-state index in [4.69, 9.17) is 18.9 Å². The topological polar surface area (TPSA) is 112 Å². The summed E-state index contributed by atoms with van der Waals surface area (Å²) in [5, 5.41) is 3.86. The highest BCUT2D eigenvalue weighted by atomic mass is 16.5. The van der Waals surface area contributed by atoms with Crippen LogP contribution >= 0.6 is 0 Å². The van der Waals surface area contributed by atoms with Crippen molar-refractivity contribution in [2.75, 3.05) is 13.2 Å². The molecule has 0 spiro atoms. The van der Waals surface area contributed by atoms with Crippen molar-refractivity contribution in [1.29, 1.82) is 0 Å². The summed E-state index contributed by atoms with van der Waals surface area (Å²) in [6, 6.07) is 24.1. The average molecular weight is 929 g/mol. The number of rotatable bonds is 21. The molecule has 0 N–H and O–H groups in total. The zero-order chi connectivity index (χ0) is 48.3. The first-order chi connectivity index (χ1) is 32.6. The molecule has 0 unspecified atom stereocenters. The van der Waals surface area contributed by atoms with E-state index in [-0.39, 0.29) is 71.3 Å². The molecular weight excluding hydrogens is 853 g/mol. The van der Waals surface area contributed by atoms with E-state index in [0.29, 0.717) is 37.6 Å². The molecule has 4 aromatic rings. The van der Waals surface area contributed by atoms with Crippen molar-refractivity contribution >= 4 is 45.3 Å². The van der Waals surface area contributed by atoms with Crippen molar-refractivity contribution in [1.82, 2.24) is 9.80 Å². The smallest absolute Gasteiger partial charge is 0.311 e. The summed E-state index contributed by atoms with van der Waals surface area (Å²) in [4.78, 5) is 57.5. The minimum Gasteiger partial charge on any atom is -0.426 e. The summed E-state index contributed by atoms with van der Waals surface area (Å²) in [6.45, 7) is 17.5. The molecule has 0 aliphatic carbocycles. The van der Waals surface area contributed by atoms with Crippen molar-refractivity contribution in [2.24, 2.45) is 23.7 Å². The molecule has 0 bridgehead atoms. The molecule has 2 amide bonds. The summed E-state index contributed by atoms with van der Waals surface area (Å²) < 4.78 is 24.2. The first kappa shape index (κ1) is 49.6. The predicted molar refractivity (Wildman–Crippen MR) is 267 cm³/mol. The lowest BCUT2D eigenvalue weighted by molar-refractivity contribution is -0.147. The van der Waals surface area contributed by atoms with Crippen molar-refractivity contribution < 1.29 is 38.1 Å². The van der Waals surface area contributed by atoms with Gasteiger partial charge >= 0.3 is 11.9 Å². The molecule has 4 aliphatic rings. The summed E-state index contributed by atoms with van der Waals surface area (Å²) >= 11 is 0. The fourth-order valence-corrected chi connectivity index (χ4v) is 12.4. The molecule has 4 aliphatic heterocycles. The number of nitrogens with zero attached hydrogens (tertiary/aromatic N) is 2. The number of amides is 2. The second-order valence-electron chi connectivity index (χ2n) is 21.7. The van der Waals surface area contributed by atoms with E-state index in [2.05, 4.69) is 52.0 Å². The SMILES string of the molecule is CC(C)[C@H]1C(=O)N2[C@H](COC2(C)C)[C@H]1c1ccc(OC(=O)CCCCCCCCCCCCCCC(=O)Oc2ccc([C@H]3[C@@H](C(C)C)C(=O)N4[C@@H]3COC4(C)C)c3ccccc23)c2ccccc12. The van der Waals surface area contributed by atoms with E-state index < -0.39 is 11.4 Å². The quantitative estimate of drug-likeness (QED) is 0.0461. The number of carbonyl (C=O) groups excluding carboxylic acids is 4. The Morgan fingerprint density at radius 1 is 0.515 bits per heavy atom. The monoisotopic (exact) mass is 929 g/mol. The van der Waals surface area contributed by atoms with Gasteiger partial charge in [-0.25, -0.2) is 0 Å². The van der Waals surface area contributed by atoms with E-state index in [9.17, 15) is 19.2 Å². The van der Waals surface area contributed by atoms with Crippen LogP contribution in [0.1, 0.15) is 168 Å². The highest BCUT2D eigenvalue weighted by Crippen LogP contribution is 2.52. The fourth-order valence-electron chi connectivity index (χ4n) is 12.4. The Kier molecular flexibility index (Phi) is 15.4. The van der Waals surface area contributed by atoms with Crippen LogP contribution in [0.15, 0.2) is 72.8 Å². The van der Waals surface area contributed by atoms with Gasteiger partial charge in [-0.1, -0.05) is 153 Å². The zero-order valence-corrected chi connectivity index (χ0v) is 42.0. The van der Waals surface area contributed by atoms with Crippen LogP contribution in [-0.2, 0) is 28.7 Å². The normalized spacial score (nSPS) is 23.9. The molecule has 4 aromatic carbocycles. The highest BCUT2D eigenvalue weighted by molar-refractivity contribution is 5.96. The lowest BCUT2D eigenvalue weighted by Gasteiger charge is -2.30. The van der Waals surface area contributed by atoms with Crippen molar-refractivity contribution in [3.63, 3.8) is 0 Å². The van der Waals surface area contributed by atoms with E-state index in [1.165, 1.54) is 38.5 Å². The maximum atomic E-state index is 13.7. The number of hydrogen-bond acceptors (Lipinski definition) is 8. The van der Waals surface area contributed by atoms with Gasteiger partial charge in [-0.15, -0.1) is 0 Å². The van der Waals surface area contributed by atoms with Gasteiger partial charge in [0.1, 0.15) is 22.9 Å². The van der Waals surface area contributed by atoms with Gasteiger partial charge in [0, 0.05) is 47.3 Å². The zero-order valence-electron chi connectivity index (χ0n) is 42.0. The van der Waals surface area contributed by atoms with Gasteiger partial charge in [-0.05, 0) is 86.4 Å². The van der Waals surface area contributed by atoms with Crippen LogP contribution in [0.25, 0.3) is 21.5 Å². The van der Waals surface area contributed by atoms with E-state index in [0.717, 1.165) is 71.2 Å². The standard InChI is InChI=1S/C58H76N2O8/c1-37(2)51-53(45-35-65-57(5,6)59(45)55(51)63)43-31-33-47(41-27-23-21-25-39(41)43)67-49(61)29-19-17-15-13-11-9-10-12-14-16-18-20-30-50(62)68-48-34-32-44(40-26-22-24-28-42(40)48)54-46-36-66-58(7,8)60(46)56(64)52(54)38(3)4/h21-28,31-34,37-38,45-46,51-54H,9-20,29-30,35-36H2,1-8H3/t45-,46-,51-,52-,53-,54-/m1/s1. The number of carbonyl (C=O) groups is 4. The lowest BCUT2D eigenvalue weighted by atomic mass is 9.77. The van der Waals surface area contributed by atoms with Crippen LogP contribution in [0.2, 0.25) is 0 Å². The van der Waals surface area contributed by atoms with Gasteiger partial charge in [0.2, 0.25) is 11.8 Å². The van der Waals surface area contributed by atoms with Gasteiger partial charge in [-0.2, -0.15) is 0 Å². The van der Waals surface area contributed by atoms with Crippen molar-refractivity contribution in [3.8, 4) is 11.5 Å². The molecular formula is C58H76N2O8. The maximum absolute atomic E-state index is 13.7. The number of unbranched alkanes of at least 4 members (excludes halogenated alkanes) is 11. The van der Waals surface area contributed by atoms with Crippen LogP contribution in [0.3, 0.4) is 0 Å². The van der Waals surface area contributed by atoms with Crippen molar-refractivity contribution in [2.45, 2.75) is 181 Å². The Morgan fingerprint density at radius 2 is 0.838 bits per heavy atom. The first-order valence-corrected chi connectivity index (χ1v) is 26.0. The van der Waals surface area contributed by atoms with E-state index in [1.807, 2.05) is 86.0 Å². The Balaban J connectivity index is 0.699. The third-order valence-electron chi connectivity index (χ3n) is 15.6. The van der Waals surface area contributed by atoms with E-state index in [1.54, 1.807) is 0 Å². The van der Waals surface area contributed by atoms with Gasteiger partial charge in [-0.3, -0.25) is 19.2 Å². The van der Waals surface area contributed by atoms with Crippen LogP contribution in [0.5, 0.6) is 11.5 Å². The summed E-state index contributed by atoms with van der Waals surface area (Å²) in [6.07, 6.45) is 13.9. The molecule has 10 nitrogen and oxygen atoms in total.